The van der Waals surface area contributed by atoms with Gasteiger partial charge in [0.25, 0.3) is 5.91 Å². The molecule has 1 aromatic carbocycles. The van der Waals surface area contributed by atoms with E-state index in [4.69, 9.17) is 0 Å². The van der Waals surface area contributed by atoms with E-state index in [0.29, 0.717) is 5.56 Å². The van der Waals surface area contributed by atoms with Crippen molar-refractivity contribution >= 4 is 5.91 Å². The van der Waals surface area contributed by atoms with Gasteiger partial charge in [0.1, 0.15) is 5.82 Å². The van der Waals surface area contributed by atoms with Crippen molar-refractivity contribution in [2.75, 3.05) is 0 Å². The first-order chi connectivity index (χ1) is 12.8. The van der Waals surface area contributed by atoms with Crippen LogP contribution in [0.4, 0.5) is 0 Å². The highest BCUT2D eigenvalue weighted by molar-refractivity contribution is 5.94. The molecule has 0 saturated carbocycles. The summed E-state index contributed by atoms with van der Waals surface area (Å²) in [7, 11) is 0. The first kappa shape index (κ1) is 15.3. The van der Waals surface area contributed by atoms with Crippen molar-refractivity contribution in [3.05, 3.63) is 66.2 Å². The van der Waals surface area contributed by atoms with E-state index in [1.807, 2.05) is 18.2 Å². The number of benzene rings is 1. The number of rotatable bonds is 2. The summed E-state index contributed by atoms with van der Waals surface area (Å²) in [5, 5.41) is 8.88. The summed E-state index contributed by atoms with van der Waals surface area (Å²) < 4.78 is 2.20. The molecule has 6 heteroatoms. The Bertz CT molecular complexity index is 937. The predicted molar refractivity (Wildman–Crippen MR) is 96.4 cm³/mol. The summed E-state index contributed by atoms with van der Waals surface area (Å²) >= 11 is 0. The highest BCUT2D eigenvalue weighted by atomic mass is 16.2. The molecular formula is C20H19N5O. The highest BCUT2D eigenvalue weighted by Crippen LogP contribution is 2.34. The molecule has 3 aromatic rings. The molecule has 2 aliphatic rings. The Morgan fingerprint density at radius 3 is 2.54 bits per heavy atom. The predicted octanol–water partition coefficient (Wildman–Crippen LogP) is 2.57. The molecule has 2 bridgehead atoms. The fourth-order valence-electron chi connectivity index (χ4n) is 4.22. The minimum atomic E-state index is 0.0971. The molecule has 2 aromatic heterocycles. The second-order valence-corrected chi connectivity index (χ2v) is 6.95. The molecule has 2 atom stereocenters. The van der Waals surface area contributed by atoms with Crippen molar-refractivity contribution in [1.82, 2.24) is 24.6 Å². The molecule has 0 radical (unpaired) electrons. The summed E-state index contributed by atoms with van der Waals surface area (Å²) in [5.74, 6) is 1.97. The molecule has 26 heavy (non-hydrogen) atoms. The molecule has 1 fully saturated rings. The normalized spacial score (nSPS) is 21.3. The number of amides is 1. The number of carbonyl (C=O) groups is 1. The Morgan fingerprint density at radius 2 is 1.73 bits per heavy atom. The largest absolute Gasteiger partial charge is 0.330 e. The maximum absolute atomic E-state index is 13.1. The lowest BCUT2D eigenvalue weighted by molar-refractivity contribution is 0.0665. The number of aromatic nitrogens is 4. The molecule has 5 rings (SSSR count). The average Bonchev–Trinajstić information content (AvgIpc) is 3.22. The van der Waals surface area contributed by atoms with Crippen LogP contribution in [0.5, 0.6) is 0 Å². The maximum atomic E-state index is 13.1. The van der Waals surface area contributed by atoms with Crippen LogP contribution in [0.1, 0.15) is 29.0 Å². The van der Waals surface area contributed by atoms with Crippen LogP contribution in [0.25, 0.3) is 11.4 Å². The number of hydrogen-bond donors (Lipinski definition) is 0. The Kier molecular flexibility index (Phi) is 3.55. The van der Waals surface area contributed by atoms with E-state index in [2.05, 4.69) is 36.8 Å². The molecular weight excluding hydrogens is 326 g/mol. The van der Waals surface area contributed by atoms with Crippen LogP contribution in [-0.4, -0.2) is 42.6 Å². The topological polar surface area (TPSA) is 63.9 Å². The van der Waals surface area contributed by atoms with E-state index in [9.17, 15) is 4.79 Å². The van der Waals surface area contributed by atoms with Gasteiger partial charge in [-0.2, -0.15) is 0 Å². The lowest BCUT2D eigenvalue weighted by atomic mass is 10.1. The first-order valence-corrected chi connectivity index (χ1v) is 9.01. The fourth-order valence-corrected chi connectivity index (χ4v) is 4.22. The summed E-state index contributed by atoms with van der Waals surface area (Å²) in [6.07, 6.45) is 6.15. The summed E-state index contributed by atoms with van der Waals surface area (Å²) in [6, 6.07) is 14.1. The molecule has 1 amide bonds. The zero-order chi connectivity index (χ0) is 17.5. The van der Waals surface area contributed by atoms with Crippen molar-refractivity contribution in [1.29, 1.82) is 0 Å². The van der Waals surface area contributed by atoms with E-state index in [0.717, 1.165) is 43.0 Å². The molecule has 0 aliphatic carbocycles. The van der Waals surface area contributed by atoms with Crippen molar-refractivity contribution in [2.24, 2.45) is 0 Å². The SMILES string of the molecule is O=C(c1ccncc1)N1[C@@H]2CC[C@H]1Cc1nnc(-c3ccccc3)n1C2. The van der Waals surface area contributed by atoms with E-state index in [1.165, 1.54) is 0 Å². The van der Waals surface area contributed by atoms with Gasteiger partial charge >= 0.3 is 0 Å². The van der Waals surface area contributed by atoms with Crippen LogP contribution in [0.2, 0.25) is 0 Å². The zero-order valence-corrected chi connectivity index (χ0v) is 14.3. The minimum absolute atomic E-state index is 0.0971. The summed E-state index contributed by atoms with van der Waals surface area (Å²) in [6.45, 7) is 0.750. The van der Waals surface area contributed by atoms with Crippen LogP contribution in [-0.2, 0) is 13.0 Å². The Labute approximate surface area is 151 Å². The molecule has 130 valence electrons. The van der Waals surface area contributed by atoms with Gasteiger partial charge in [0.2, 0.25) is 0 Å². The van der Waals surface area contributed by atoms with Crippen LogP contribution in [0, 0.1) is 0 Å². The van der Waals surface area contributed by atoms with Crippen molar-refractivity contribution in [2.45, 2.75) is 37.9 Å². The Balaban J connectivity index is 1.50. The Morgan fingerprint density at radius 1 is 0.962 bits per heavy atom. The smallest absolute Gasteiger partial charge is 0.254 e. The van der Waals surface area contributed by atoms with Gasteiger partial charge in [-0.1, -0.05) is 30.3 Å². The molecule has 6 nitrogen and oxygen atoms in total. The second kappa shape index (κ2) is 6.05. The molecule has 0 unspecified atom stereocenters. The average molecular weight is 345 g/mol. The van der Waals surface area contributed by atoms with E-state index in [1.54, 1.807) is 24.5 Å². The lowest BCUT2D eigenvalue weighted by Gasteiger charge is -2.28. The van der Waals surface area contributed by atoms with Crippen LogP contribution in [0.15, 0.2) is 54.9 Å². The van der Waals surface area contributed by atoms with E-state index in [-0.39, 0.29) is 18.0 Å². The van der Waals surface area contributed by atoms with Gasteiger partial charge in [-0.3, -0.25) is 9.78 Å². The maximum Gasteiger partial charge on any atom is 0.254 e. The van der Waals surface area contributed by atoms with E-state index >= 15 is 0 Å². The number of fused-ring (bicyclic) bond motifs is 3. The number of carbonyl (C=O) groups excluding carboxylic acids is 1. The third-order valence-electron chi connectivity index (χ3n) is 5.45. The quantitative estimate of drug-likeness (QED) is 0.716. The zero-order valence-electron chi connectivity index (χ0n) is 14.3. The van der Waals surface area contributed by atoms with Gasteiger partial charge < -0.3 is 9.47 Å². The standard InChI is InChI=1S/C20H19N5O/c26-20(15-8-10-21-11-9-15)25-16-6-7-17(25)13-24-18(12-16)22-23-19(24)14-4-2-1-3-5-14/h1-5,8-11,16-17H,6-7,12-13H2/t16-,17+/m0/s1. The van der Waals surface area contributed by atoms with Crippen molar-refractivity contribution < 1.29 is 4.79 Å². The molecule has 1 saturated heterocycles. The highest BCUT2D eigenvalue weighted by Gasteiger charge is 2.41. The fraction of sp³-hybridized carbons (Fsp3) is 0.300. The third-order valence-corrected chi connectivity index (χ3v) is 5.45. The number of nitrogens with zero attached hydrogens (tertiary/aromatic N) is 5. The van der Waals surface area contributed by atoms with Crippen LogP contribution in [0.3, 0.4) is 0 Å². The van der Waals surface area contributed by atoms with Gasteiger partial charge in [-0.15, -0.1) is 10.2 Å². The number of pyridine rings is 1. The summed E-state index contributed by atoms with van der Waals surface area (Å²) in [4.78, 5) is 19.2. The minimum Gasteiger partial charge on any atom is -0.330 e. The van der Waals surface area contributed by atoms with Crippen LogP contribution < -0.4 is 0 Å². The van der Waals surface area contributed by atoms with Gasteiger partial charge in [-0.25, -0.2) is 0 Å². The molecule has 0 N–H and O–H groups in total. The second-order valence-electron chi connectivity index (χ2n) is 6.95. The van der Waals surface area contributed by atoms with Gasteiger partial charge in [0, 0.05) is 42.5 Å². The van der Waals surface area contributed by atoms with Gasteiger partial charge in [-0.05, 0) is 25.0 Å². The van der Waals surface area contributed by atoms with Gasteiger partial charge in [0.05, 0.1) is 6.04 Å². The monoisotopic (exact) mass is 345 g/mol. The first-order valence-electron chi connectivity index (χ1n) is 9.01. The van der Waals surface area contributed by atoms with E-state index < -0.39 is 0 Å². The van der Waals surface area contributed by atoms with Crippen molar-refractivity contribution in [3.63, 3.8) is 0 Å². The lowest BCUT2D eigenvalue weighted by Crippen LogP contribution is -2.42. The third kappa shape index (κ3) is 2.41. The Hall–Kier alpha value is -3.02. The summed E-state index contributed by atoms with van der Waals surface area (Å²) in [5.41, 5.74) is 1.77. The van der Waals surface area contributed by atoms with Crippen LogP contribution >= 0.6 is 0 Å². The molecule has 4 heterocycles. The van der Waals surface area contributed by atoms with Gasteiger partial charge in [0.15, 0.2) is 5.82 Å². The van der Waals surface area contributed by atoms with Crippen molar-refractivity contribution in [3.8, 4) is 11.4 Å². The molecule has 2 aliphatic heterocycles. The molecule has 0 spiro atoms. The number of hydrogen-bond acceptors (Lipinski definition) is 4.